The van der Waals surface area contributed by atoms with Crippen LogP contribution in [0.2, 0.25) is 0 Å². The predicted octanol–water partition coefficient (Wildman–Crippen LogP) is 2.26. The van der Waals surface area contributed by atoms with E-state index < -0.39 is 10.8 Å². The van der Waals surface area contributed by atoms with Gasteiger partial charge in [0, 0.05) is 6.92 Å². The maximum Gasteiger partial charge on any atom is 0.228 e. The van der Waals surface area contributed by atoms with Crippen LogP contribution in [-0.2, 0) is 0 Å². The van der Waals surface area contributed by atoms with Crippen LogP contribution in [0.1, 0.15) is 0 Å². The van der Waals surface area contributed by atoms with E-state index in [1.54, 1.807) is 0 Å². The molecule has 7 heavy (non-hydrogen) atoms. The summed E-state index contributed by atoms with van der Waals surface area (Å²) in [7, 11) is 0. The van der Waals surface area contributed by atoms with E-state index in [4.69, 9.17) is 0 Å². The smallest absolute Gasteiger partial charge is 0.225 e. The molecule has 1 radical (unpaired) electrons. The van der Waals surface area contributed by atoms with Crippen molar-refractivity contribution in [1.82, 2.24) is 0 Å². The van der Waals surface area contributed by atoms with Crippen LogP contribution in [0.4, 0.5) is 8.78 Å². The summed E-state index contributed by atoms with van der Waals surface area (Å²) < 4.78 is 23.1. The minimum atomic E-state index is -2.68. The summed E-state index contributed by atoms with van der Waals surface area (Å²) in [5.41, 5.74) is -2.24. The third kappa shape index (κ3) is 3.06. The minimum absolute atomic E-state index is 2.24. The van der Waals surface area contributed by atoms with Gasteiger partial charge in [0.2, 0.25) is 10.8 Å². The quantitative estimate of drug-likeness (QED) is 0.500. The Bertz CT molecular complexity index is 56.4. The molecule has 2 atom stereocenters. The first-order valence-corrected chi connectivity index (χ1v) is 2.27. The molecule has 0 saturated carbocycles. The molecule has 0 bridgehead atoms. The molecule has 0 aromatic heterocycles. The maximum absolute atomic E-state index is 11.7. The van der Waals surface area contributed by atoms with Gasteiger partial charge in [-0.3, -0.25) is 0 Å². The van der Waals surface area contributed by atoms with Crippen molar-refractivity contribution < 1.29 is 8.78 Å². The van der Waals surface area contributed by atoms with E-state index in [0.29, 0.717) is 0 Å². The summed E-state index contributed by atoms with van der Waals surface area (Å²) in [6.07, 6.45) is 0. The molecule has 43 valence electrons. The van der Waals surface area contributed by atoms with E-state index >= 15 is 0 Å². The fourth-order valence-electron chi connectivity index (χ4n) is 0. The van der Waals surface area contributed by atoms with Crippen molar-refractivity contribution in [2.75, 3.05) is 0 Å². The Balaban J connectivity index is 3.54. The van der Waals surface area contributed by atoms with Crippen LogP contribution in [-0.4, -0.2) is 10.8 Å². The molecule has 4 heteroatoms. The maximum atomic E-state index is 11.7. The molecule has 0 spiro atoms. The summed E-state index contributed by atoms with van der Waals surface area (Å²) in [4.78, 5) is 0. The van der Waals surface area contributed by atoms with Gasteiger partial charge >= 0.3 is 0 Å². The number of rotatable bonds is 1. The van der Waals surface area contributed by atoms with Crippen molar-refractivity contribution in [2.24, 2.45) is 0 Å². The molecule has 0 aliphatic carbocycles. The summed E-state index contributed by atoms with van der Waals surface area (Å²) >= 11 is 9.10. The van der Waals surface area contributed by atoms with E-state index in [1.165, 1.54) is 0 Å². The average Bonchev–Trinajstić information content (AvgIpc) is 1.31. The minimum Gasteiger partial charge on any atom is -0.225 e. The summed E-state index contributed by atoms with van der Waals surface area (Å²) in [6.45, 7) is 2.56. The standard InChI is InChI=1S/C3H3Cl2F2/c1-3(5,7)2(4)6/h2H,1H2. The Kier molecular flexibility index (Phi) is 2.27. The molecule has 0 aliphatic heterocycles. The molecule has 0 aromatic rings. The zero-order valence-electron chi connectivity index (χ0n) is 3.30. The number of hydrogen-bond acceptors (Lipinski definition) is 0. The lowest BCUT2D eigenvalue weighted by molar-refractivity contribution is 0.233. The highest BCUT2D eigenvalue weighted by Gasteiger charge is 2.29. The summed E-state index contributed by atoms with van der Waals surface area (Å²) in [5, 5.41) is -2.68. The van der Waals surface area contributed by atoms with Gasteiger partial charge in [-0.2, -0.15) is 0 Å². The molecule has 0 aromatic carbocycles. The predicted molar refractivity (Wildman–Crippen MR) is 25.8 cm³/mol. The first-order chi connectivity index (χ1) is 2.94. The lowest BCUT2D eigenvalue weighted by Crippen LogP contribution is -2.18. The summed E-state index contributed by atoms with van der Waals surface area (Å²) in [6, 6.07) is 0. The lowest BCUT2D eigenvalue weighted by Gasteiger charge is -2.08. The molecule has 0 aliphatic rings. The van der Waals surface area contributed by atoms with E-state index in [2.05, 4.69) is 30.1 Å². The van der Waals surface area contributed by atoms with Crippen molar-refractivity contribution in [3.63, 3.8) is 0 Å². The number of hydrogen-bond donors (Lipinski definition) is 0. The second kappa shape index (κ2) is 2.14. The Morgan fingerprint density at radius 2 is 1.86 bits per heavy atom. The van der Waals surface area contributed by atoms with Gasteiger partial charge in [-0.15, -0.1) is 0 Å². The van der Waals surface area contributed by atoms with Crippen LogP contribution in [0.5, 0.6) is 0 Å². The molecule has 0 amide bonds. The number of halogens is 4. The van der Waals surface area contributed by atoms with Crippen molar-refractivity contribution in [1.29, 1.82) is 0 Å². The summed E-state index contributed by atoms with van der Waals surface area (Å²) in [5.74, 6) is 0. The normalized spacial score (nSPS) is 23.6. The van der Waals surface area contributed by atoms with E-state index in [0.717, 1.165) is 0 Å². The molecule has 0 nitrogen and oxygen atoms in total. The van der Waals surface area contributed by atoms with Crippen molar-refractivity contribution in [2.45, 2.75) is 10.8 Å². The molecule has 0 rings (SSSR count). The molecule has 0 heterocycles. The molecule has 0 saturated heterocycles. The van der Waals surface area contributed by atoms with Gasteiger partial charge in [0.15, 0.2) is 0 Å². The SMILES string of the molecule is [CH2]C(F)(Cl)C(F)Cl. The van der Waals surface area contributed by atoms with Crippen LogP contribution in [0, 0.1) is 6.92 Å². The third-order valence-electron chi connectivity index (χ3n) is 0.319. The van der Waals surface area contributed by atoms with Crippen LogP contribution in [0.25, 0.3) is 0 Å². The van der Waals surface area contributed by atoms with Crippen LogP contribution in [0.15, 0.2) is 0 Å². The molecule has 0 N–H and O–H groups in total. The fraction of sp³-hybridized carbons (Fsp3) is 0.667. The molecular formula is C3H3Cl2F2. The van der Waals surface area contributed by atoms with Crippen molar-refractivity contribution in [3.8, 4) is 0 Å². The zero-order valence-corrected chi connectivity index (χ0v) is 4.81. The van der Waals surface area contributed by atoms with Crippen LogP contribution >= 0.6 is 23.2 Å². The molecule has 2 unspecified atom stereocenters. The molecular weight excluding hydrogens is 145 g/mol. The second-order valence-electron chi connectivity index (χ2n) is 1.06. The highest BCUT2D eigenvalue weighted by molar-refractivity contribution is 6.31. The monoisotopic (exact) mass is 147 g/mol. The highest BCUT2D eigenvalue weighted by atomic mass is 35.5. The van der Waals surface area contributed by atoms with Gasteiger partial charge in [-0.25, -0.2) is 8.78 Å². The van der Waals surface area contributed by atoms with Gasteiger partial charge in [0.25, 0.3) is 0 Å². The number of alkyl halides is 4. The Morgan fingerprint density at radius 3 is 1.86 bits per heavy atom. The van der Waals surface area contributed by atoms with Gasteiger partial charge in [0.1, 0.15) is 0 Å². The Hall–Kier alpha value is 0.440. The van der Waals surface area contributed by atoms with Crippen LogP contribution < -0.4 is 0 Å². The fourth-order valence-corrected chi connectivity index (χ4v) is 0. The van der Waals surface area contributed by atoms with Gasteiger partial charge in [0.05, 0.1) is 0 Å². The Labute approximate surface area is 50.4 Å². The first-order valence-electron chi connectivity index (χ1n) is 1.46. The highest BCUT2D eigenvalue weighted by Crippen LogP contribution is 2.25. The van der Waals surface area contributed by atoms with E-state index in [1.807, 2.05) is 0 Å². The largest absolute Gasteiger partial charge is 0.228 e. The van der Waals surface area contributed by atoms with Gasteiger partial charge in [-0.05, 0) is 0 Å². The topological polar surface area (TPSA) is 0 Å². The van der Waals surface area contributed by atoms with E-state index in [9.17, 15) is 8.78 Å². The zero-order chi connectivity index (χ0) is 6.08. The second-order valence-corrected chi connectivity index (χ2v) is 2.07. The van der Waals surface area contributed by atoms with Gasteiger partial charge in [-0.1, -0.05) is 23.2 Å². The third-order valence-corrected chi connectivity index (χ3v) is 0.968. The van der Waals surface area contributed by atoms with Crippen molar-refractivity contribution >= 4 is 23.2 Å². The van der Waals surface area contributed by atoms with Crippen molar-refractivity contribution in [3.05, 3.63) is 6.92 Å². The molecule has 0 fully saturated rings. The van der Waals surface area contributed by atoms with E-state index in [-0.39, 0.29) is 0 Å². The van der Waals surface area contributed by atoms with Crippen LogP contribution in [0.3, 0.4) is 0 Å². The average molecular weight is 148 g/mol. The van der Waals surface area contributed by atoms with Gasteiger partial charge < -0.3 is 0 Å². The first kappa shape index (κ1) is 7.44. The Morgan fingerprint density at radius 1 is 1.71 bits per heavy atom. The lowest BCUT2D eigenvalue weighted by atomic mass is 10.5.